The van der Waals surface area contributed by atoms with E-state index in [1.807, 2.05) is 0 Å². The number of phosphoric acid groups is 1. The Balaban J connectivity index is 1.29. The van der Waals surface area contributed by atoms with Gasteiger partial charge in [0.05, 0.1) is 12.7 Å². The van der Waals surface area contributed by atoms with Gasteiger partial charge in [0.2, 0.25) is 11.9 Å². The Morgan fingerprint density at radius 1 is 1.14 bits per heavy atom. The number of hydrogen-bond acceptors (Lipinski definition) is 8. The van der Waals surface area contributed by atoms with Crippen molar-refractivity contribution in [3.05, 3.63) is 11.6 Å². The van der Waals surface area contributed by atoms with E-state index >= 15 is 0 Å². The number of aliphatic hydroxyl groups is 2. The van der Waals surface area contributed by atoms with Crippen molar-refractivity contribution in [1.82, 2.24) is 0 Å². The Labute approximate surface area is 205 Å². The molecule has 196 valence electrons. The maximum atomic E-state index is 12.9. The topological polar surface area (TPSA) is 140 Å². The number of carbonyl (C=O) groups is 2. The van der Waals surface area contributed by atoms with E-state index < -0.39 is 50.6 Å². The van der Waals surface area contributed by atoms with Crippen LogP contribution in [-0.4, -0.2) is 57.9 Å². The van der Waals surface area contributed by atoms with E-state index in [1.54, 1.807) is 5.57 Å². The molecule has 1 aliphatic heterocycles. The highest BCUT2D eigenvalue weighted by molar-refractivity contribution is 7.47. The van der Waals surface area contributed by atoms with E-state index in [0.717, 1.165) is 25.7 Å². The lowest BCUT2D eigenvalue weighted by Crippen LogP contribution is -2.50. The molecule has 5 rings (SSSR count). The molecule has 1 heterocycles. The number of ether oxygens (including phenoxy) is 1. The summed E-state index contributed by atoms with van der Waals surface area (Å²) >= 11 is 0. The standard InChI is InChI=1S/C25H37O9P/c1-24-11-4-3-5-14(24)6-7-15-16-8-9-19(25(16,2)12-10-17(15)24)33-35(30,31)34-22-20(28)21(18(27)13-26)32-23(22)29/h6,15-19,21-22,26-27H,3-5,7-13H2,1-2H3,(H,30,31)/t15?,16?,17?,18?,19-,21?,22?,24-,25-/m0/s1. The van der Waals surface area contributed by atoms with Gasteiger partial charge in [0, 0.05) is 0 Å². The smallest absolute Gasteiger partial charge is 0.449 e. The molecular formula is C25H37O9P. The van der Waals surface area contributed by atoms with Crippen LogP contribution in [0.2, 0.25) is 0 Å². The lowest BCUT2D eigenvalue weighted by atomic mass is 9.48. The number of allylic oxidation sites excluding steroid dienone is 2. The second-order valence-electron chi connectivity index (χ2n) is 11.6. The van der Waals surface area contributed by atoms with E-state index in [2.05, 4.69) is 19.9 Å². The maximum Gasteiger partial charge on any atom is 0.473 e. The monoisotopic (exact) mass is 512 g/mol. The minimum absolute atomic E-state index is 0.260. The number of carbonyl (C=O) groups excluding carboxylic acids is 2. The van der Waals surface area contributed by atoms with Gasteiger partial charge in [-0.05, 0) is 80.0 Å². The van der Waals surface area contributed by atoms with Crippen molar-refractivity contribution >= 4 is 19.6 Å². The average Bonchev–Trinajstić information content (AvgIpc) is 3.28. The van der Waals surface area contributed by atoms with Gasteiger partial charge >= 0.3 is 13.8 Å². The third-order valence-electron chi connectivity index (χ3n) is 9.96. The molecule has 1 saturated heterocycles. The zero-order valence-corrected chi connectivity index (χ0v) is 21.3. The number of esters is 1. The second-order valence-corrected chi connectivity index (χ2v) is 13.0. The number of phosphoric ester groups is 1. The second kappa shape index (κ2) is 9.03. The first-order valence-electron chi connectivity index (χ1n) is 12.9. The Morgan fingerprint density at radius 2 is 1.91 bits per heavy atom. The summed E-state index contributed by atoms with van der Waals surface area (Å²) in [6, 6.07) is 0. The van der Waals surface area contributed by atoms with Gasteiger partial charge in [-0.3, -0.25) is 13.8 Å². The number of aliphatic hydroxyl groups excluding tert-OH is 2. The number of ketones is 1. The molecule has 0 amide bonds. The number of rotatable bonds is 6. The van der Waals surface area contributed by atoms with Crippen LogP contribution in [0.5, 0.6) is 0 Å². The van der Waals surface area contributed by atoms with Crippen LogP contribution in [0.1, 0.15) is 71.6 Å². The summed E-state index contributed by atoms with van der Waals surface area (Å²) in [6.07, 6.45) is 6.21. The minimum atomic E-state index is -4.79. The van der Waals surface area contributed by atoms with Gasteiger partial charge in [-0.15, -0.1) is 0 Å². The van der Waals surface area contributed by atoms with Crippen LogP contribution in [0.4, 0.5) is 0 Å². The Bertz CT molecular complexity index is 965. The SMILES string of the molecule is C[C@]12CCCCC1=CCC1C2CC[C@@]2(C)C1CC[C@@H]2OP(=O)(O)OC1C(=O)OC(C(O)CO)C1=O. The van der Waals surface area contributed by atoms with E-state index in [9.17, 15) is 24.2 Å². The Morgan fingerprint density at radius 3 is 2.66 bits per heavy atom. The molecule has 10 atom stereocenters. The van der Waals surface area contributed by atoms with Crippen LogP contribution < -0.4 is 0 Å². The van der Waals surface area contributed by atoms with Gasteiger partial charge in [0.25, 0.3) is 0 Å². The highest BCUT2D eigenvalue weighted by Crippen LogP contribution is 2.66. The van der Waals surface area contributed by atoms with Crippen molar-refractivity contribution in [1.29, 1.82) is 0 Å². The fourth-order valence-corrected chi connectivity index (χ4v) is 9.29. The summed E-state index contributed by atoms with van der Waals surface area (Å²) in [7, 11) is -4.79. The molecular weight excluding hydrogens is 475 g/mol. The predicted molar refractivity (Wildman–Crippen MR) is 124 cm³/mol. The predicted octanol–water partition coefficient (Wildman–Crippen LogP) is 3.06. The number of cyclic esters (lactones) is 1. The molecule has 4 fully saturated rings. The first-order chi connectivity index (χ1) is 16.5. The summed E-state index contributed by atoms with van der Waals surface area (Å²) in [5.41, 5.74) is 1.59. The maximum absolute atomic E-state index is 12.9. The highest BCUT2D eigenvalue weighted by Gasteiger charge is 2.60. The fraction of sp³-hybridized carbons (Fsp3) is 0.840. The van der Waals surface area contributed by atoms with Crippen molar-refractivity contribution in [3.8, 4) is 0 Å². The molecule has 10 heteroatoms. The lowest BCUT2D eigenvalue weighted by molar-refractivity contribution is -0.151. The van der Waals surface area contributed by atoms with Gasteiger partial charge in [0.15, 0.2) is 6.10 Å². The summed E-state index contributed by atoms with van der Waals surface area (Å²) in [4.78, 5) is 35.0. The zero-order valence-electron chi connectivity index (χ0n) is 20.4. The third kappa shape index (κ3) is 4.16. The van der Waals surface area contributed by atoms with Gasteiger partial charge < -0.3 is 19.8 Å². The first kappa shape index (κ1) is 25.6. The molecule has 4 aliphatic carbocycles. The van der Waals surface area contributed by atoms with Gasteiger partial charge in [-0.25, -0.2) is 9.36 Å². The molecule has 7 unspecified atom stereocenters. The highest BCUT2D eigenvalue weighted by atomic mass is 31.2. The average molecular weight is 513 g/mol. The number of hydrogen-bond donors (Lipinski definition) is 3. The van der Waals surface area contributed by atoms with Crippen LogP contribution in [-0.2, 0) is 27.9 Å². The fourth-order valence-electron chi connectivity index (χ4n) is 8.11. The van der Waals surface area contributed by atoms with Crippen LogP contribution in [0, 0.1) is 28.6 Å². The largest absolute Gasteiger partial charge is 0.473 e. The quantitative estimate of drug-likeness (QED) is 0.212. The number of Topliss-reactive ketones (excluding diaryl/α,β-unsaturated/α-hetero) is 1. The van der Waals surface area contributed by atoms with E-state index in [4.69, 9.17) is 18.9 Å². The van der Waals surface area contributed by atoms with Crippen LogP contribution in [0.3, 0.4) is 0 Å². The van der Waals surface area contributed by atoms with Crippen LogP contribution in [0.15, 0.2) is 11.6 Å². The van der Waals surface area contributed by atoms with Crippen LogP contribution in [0.25, 0.3) is 0 Å². The summed E-state index contributed by atoms with van der Waals surface area (Å²) in [5.74, 6) is -0.675. The summed E-state index contributed by atoms with van der Waals surface area (Å²) < 4.78 is 28.3. The first-order valence-corrected chi connectivity index (χ1v) is 14.4. The molecule has 0 spiro atoms. The molecule has 0 radical (unpaired) electrons. The van der Waals surface area contributed by atoms with E-state index in [-0.39, 0.29) is 10.8 Å². The van der Waals surface area contributed by atoms with Gasteiger partial charge in [-0.1, -0.05) is 31.9 Å². The van der Waals surface area contributed by atoms with Crippen molar-refractivity contribution in [2.24, 2.45) is 28.6 Å². The molecule has 0 bridgehead atoms. The van der Waals surface area contributed by atoms with E-state index in [1.165, 1.54) is 25.7 Å². The molecule has 0 aromatic heterocycles. The molecule has 35 heavy (non-hydrogen) atoms. The summed E-state index contributed by atoms with van der Waals surface area (Å²) in [6.45, 7) is 3.77. The number of fused-ring (bicyclic) bond motifs is 5. The van der Waals surface area contributed by atoms with Crippen LogP contribution >= 0.6 is 7.82 Å². The van der Waals surface area contributed by atoms with E-state index in [0.29, 0.717) is 24.2 Å². The summed E-state index contributed by atoms with van der Waals surface area (Å²) in [5, 5.41) is 18.7. The molecule has 9 nitrogen and oxygen atoms in total. The molecule has 3 saturated carbocycles. The van der Waals surface area contributed by atoms with Crippen molar-refractivity contribution < 1.29 is 43.0 Å². The Hall–Kier alpha value is -1.09. The zero-order chi connectivity index (χ0) is 25.2. The lowest BCUT2D eigenvalue weighted by Gasteiger charge is -2.57. The normalized spacial score (nSPS) is 45.6. The van der Waals surface area contributed by atoms with Gasteiger partial charge in [0.1, 0.15) is 6.10 Å². The van der Waals surface area contributed by atoms with Gasteiger partial charge in [-0.2, -0.15) is 0 Å². The molecule has 3 N–H and O–H groups in total. The van der Waals surface area contributed by atoms with Crippen molar-refractivity contribution in [2.45, 2.75) is 96.1 Å². The van der Waals surface area contributed by atoms with Crippen molar-refractivity contribution in [2.75, 3.05) is 6.61 Å². The molecule has 0 aromatic rings. The van der Waals surface area contributed by atoms with Crippen molar-refractivity contribution in [3.63, 3.8) is 0 Å². The molecule has 5 aliphatic rings. The molecule has 0 aromatic carbocycles. The Kier molecular flexibility index (Phi) is 6.59. The minimum Gasteiger partial charge on any atom is -0.449 e. The third-order valence-corrected chi connectivity index (χ3v) is 11.0.